The predicted octanol–water partition coefficient (Wildman–Crippen LogP) is 9.00. The van der Waals surface area contributed by atoms with Gasteiger partial charge in [0.15, 0.2) is 0 Å². The van der Waals surface area contributed by atoms with E-state index >= 15 is 0 Å². The minimum atomic E-state index is -1.16. The fourth-order valence-corrected chi connectivity index (χ4v) is 7.43. The lowest BCUT2D eigenvalue weighted by Crippen LogP contribution is -2.60. The summed E-state index contributed by atoms with van der Waals surface area (Å²) in [6.45, 7) is 7.98. The average Bonchev–Trinajstić information content (AvgIpc) is 3.48. The van der Waals surface area contributed by atoms with Gasteiger partial charge in [-0.05, 0) is 54.2 Å². The molecule has 0 N–H and O–H groups in total. The largest absolute Gasteiger partial charge is 0.374 e. The van der Waals surface area contributed by atoms with E-state index in [1.54, 1.807) is 0 Å². The van der Waals surface area contributed by atoms with Crippen LogP contribution in [0.2, 0.25) is 0 Å². The van der Waals surface area contributed by atoms with E-state index in [2.05, 4.69) is 93.6 Å². The Hall–Kier alpha value is -4.59. The Morgan fingerprint density at radius 3 is 1.76 bits per heavy atom. The highest BCUT2D eigenvalue weighted by atomic mass is 16.8. The molecule has 256 valence electrons. The molecule has 1 fully saturated rings. The first kappa shape index (κ1) is 33.9. The Morgan fingerprint density at radius 1 is 0.660 bits per heavy atom. The topological polar surface area (TPSA) is 58.5 Å². The SMILES string of the molecule is Cc1cc(C)c(C2=NO[C@@]3(C[C@@H](OCc4ccccc4)[C@@H](OCc4ccccc4)[C@@H](COCc4ccccc4)O3)[C@@H]2c2ccccc2)c(C)c1. The minimum Gasteiger partial charge on any atom is -0.374 e. The van der Waals surface area contributed by atoms with E-state index in [0.29, 0.717) is 26.2 Å². The van der Waals surface area contributed by atoms with Gasteiger partial charge in [0.25, 0.3) is 5.79 Å². The Labute approximate surface area is 295 Å². The van der Waals surface area contributed by atoms with Crippen LogP contribution >= 0.6 is 0 Å². The Kier molecular flexibility index (Phi) is 10.5. The van der Waals surface area contributed by atoms with Crippen molar-refractivity contribution in [1.29, 1.82) is 0 Å². The normalized spacial score (nSPS) is 23.1. The summed E-state index contributed by atoms with van der Waals surface area (Å²) in [4.78, 5) is 6.62. The van der Waals surface area contributed by atoms with E-state index in [1.165, 1.54) is 5.56 Å². The summed E-state index contributed by atoms with van der Waals surface area (Å²) in [6.07, 6.45) is -0.936. The Balaban J connectivity index is 1.27. The number of benzene rings is 5. The zero-order valence-electron chi connectivity index (χ0n) is 29.0. The van der Waals surface area contributed by atoms with Gasteiger partial charge >= 0.3 is 0 Å². The van der Waals surface area contributed by atoms with Crippen LogP contribution < -0.4 is 0 Å². The third-order valence-electron chi connectivity index (χ3n) is 9.63. The highest BCUT2D eigenvalue weighted by Crippen LogP contribution is 2.49. The van der Waals surface area contributed by atoms with E-state index in [1.807, 2.05) is 60.7 Å². The smallest absolute Gasteiger partial charge is 0.252 e. The predicted molar refractivity (Wildman–Crippen MR) is 196 cm³/mol. The summed E-state index contributed by atoms with van der Waals surface area (Å²) < 4.78 is 27.2. The second-order valence-corrected chi connectivity index (χ2v) is 13.5. The first-order valence-electron chi connectivity index (χ1n) is 17.5. The molecule has 1 spiro atoms. The molecule has 0 radical (unpaired) electrons. The van der Waals surface area contributed by atoms with Gasteiger partial charge in [-0.15, -0.1) is 0 Å². The lowest BCUT2D eigenvalue weighted by molar-refractivity contribution is -0.332. The van der Waals surface area contributed by atoms with E-state index in [0.717, 1.165) is 44.7 Å². The van der Waals surface area contributed by atoms with E-state index in [4.69, 9.17) is 28.9 Å². The summed E-state index contributed by atoms with van der Waals surface area (Å²) in [5, 5.41) is 4.88. The van der Waals surface area contributed by atoms with E-state index in [9.17, 15) is 0 Å². The van der Waals surface area contributed by atoms with Gasteiger partial charge in [0.2, 0.25) is 0 Å². The first-order valence-corrected chi connectivity index (χ1v) is 17.5. The molecule has 1 saturated heterocycles. The van der Waals surface area contributed by atoms with Gasteiger partial charge in [-0.1, -0.05) is 144 Å². The van der Waals surface area contributed by atoms with Gasteiger partial charge < -0.3 is 23.8 Å². The minimum absolute atomic E-state index is 0.282. The number of hydrogen-bond acceptors (Lipinski definition) is 6. The third kappa shape index (κ3) is 7.59. The maximum Gasteiger partial charge on any atom is 0.252 e. The molecule has 50 heavy (non-hydrogen) atoms. The molecule has 0 aliphatic carbocycles. The monoisotopic (exact) mass is 667 g/mol. The second kappa shape index (κ2) is 15.5. The molecule has 5 aromatic rings. The number of nitrogens with zero attached hydrogens (tertiary/aromatic N) is 1. The van der Waals surface area contributed by atoms with Crippen LogP contribution in [0.4, 0.5) is 0 Å². The average molecular weight is 668 g/mol. The quantitative estimate of drug-likeness (QED) is 0.133. The molecule has 0 amide bonds. The van der Waals surface area contributed by atoms with Crippen molar-refractivity contribution in [2.45, 2.75) is 77.0 Å². The highest BCUT2D eigenvalue weighted by Gasteiger charge is 2.59. The van der Waals surface area contributed by atoms with Crippen LogP contribution in [0.5, 0.6) is 0 Å². The van der Waals surface area contributed by atoms with Gasteiger partial charge in [0, 0.05) is 12.0 Å². The van der Waals surface area contributed by atoms with Gasteiger partial charge in [-0.3, -0.25) is 0 Å². The van der Waals surface area contributed by atoms with Crippen LogP contribution in [0.1, 0.15) is 56.8 Å². The number of rotatable bonds is 12. The Morgan fingerprint density at radius 2 is 1.18 bits per heavy atom. The molecular formula is C44H45NO5. The Bertz CT molecular complexity index is 1840. The number of ether oxygens (including phenoxy) is 4. The van der Waals surface area contributed by atoms with Crippen molar-refractivity contribution >= 4 is 5.71 Å². The number of hydrogen-bond donors (Lipinski definition) is 0. The van der Waals surface area contributed by atoms with Crippen molar-refractivity contribution in [3.8, 4) is 0 Å². The van der Waals surface area contributed by atoms with E-state index < -0.39 is 18.0 Å². The molecule has 2 aliphatic heterocycles. The molecule has 2 aliphatic rings. The zero-order valence-corrected chi connectivity index (χ0v) is 29.0. The molecule has 6 heteroatoms. The molecular weight excluding hydrogens is 622 g/mol. The highest BCUT2D eigenvalue weighted by molar-refractivity contribution is 6.08. The second-order valence-electron chi connectivity index (χ2n) is 13.5. The van der Waals surface area contributed by atoms with Crippen LogP contribution in [-0.2, 0) is 43.6 Å². The summed E-state index contributed by atoms with van der Waals surface area (Å²) in [5.74, 6) is -1.48. The molecule has 0 unspecified atom stereocenters. The molecule has 0 aromatic heterocycles. The van der Waals surface area contributed by atoms with Crippen molar-refractivity contribution in [2.75, 3.05) is 6.61 Å². The molecule has 7 rings (SSSR count). The maximum absolute atomic E-state index is 7.21. The summed E-state index contributed by atoms with van der Waals surface area (Å²) >= 11 is 0. The summed E-state index contributed by atoms with van der Waals surface area (Å²) in [5.41, 5.74) is 9.79. The molecule has 6 nitrogen and oxygen atoms in total. The maximum atomic E-state index is 7.21. The van der Waals surface area contributed by atoms with Crippen molar-refractivity contribution in [1.82, 2.24) is 0 Å². The summed E-state index contributed by atoms with van der Waals surface area (Å²) in [7, 11) is 0. The van der Waals surface area contributed by atoms with Crippen LogP contribution in [0.3, 0.4) is 0 Å². The molecule has 5 aromatic carbocycles. The lowest BCUT2D eigenvalue weighted by atomic mass is 9.77. The summed E-state index contributed by atoms with van der Waals surface area (Å²) in [6, 6.07) is 45.5. The molecule has 2 heterocycles. The van der Waals surface area contributed by atoms with Gasteiger partial charge in [-0.25, -0.2) is 0 Å². The van der Waals surface area contributed by atoms with Crippen molar-refractivity contribution in [2.24, 2.45) is 5.16 Å². The van der Waals surface area contributed by atoms with Gasteiger partial charge in [0.05, 0.1) is 38.4 Å². The van der Waals surface area contributed by atoms with Crippen LogP contribution in [0, 0.1) is 20.8 Å². The number of oxime groups is 1. The number of aryl methyl sites for hydroxylation is 3. The molecule has 5 atom stereocenters. The van der Waals surface area contributed by atoms with Crippen molar-refractivity contribution in [3.63, 3.8) is 0 Å². The van der Waals surface area contributed by atoms with Crippen molar-refractivity contribution < 1.29 is 23.8 Å². The molecule has 0 bridgehead atoms. The van der Waals surface area contributed by atoms with Crippen molar-refractivity contribution in [3.05, 3.63) is 178 Å². The third-order valence-corrected chi connectivity index (χ3v) is 9.63. The lowest BCUT2D eigenvalue weighted by Gasteiger charge is -2.47. The van der Waals surface area contributed by atoms with Crippen LogP contribution in [0.25, 0.3) is 0 Å². The van der Waals surface area contributed by atoms with Crippen LogP contribution in [-0.4, -0.2) is 36.4 Å². The van der Waals surface area contributed by atoms with E-state index in [-0.39, 0.29) is 18.6 Å². The fourth-order valence-electron chi connectivity index (χ4n) is 7.43. The zero-order chi connectivity index (χ0) is 34.3. The van der Waals surface area contributed by atoms with Gasteiger partial charge in [0.1, 0.15) is 17.9 Å². The molecule has 0 saturated carbocycles. The van der Waals surface area contributed by atoms with Gasteiger partial charge in [-0.2, -0.15) is 0 Å². The fraction of sp³-hybridized carbons (Fsp3) is 0.295. The van der Waals surface area contributed by atoms with Crippen LogP contribution in [0.15, 0.2) is 139 Å². The standard InChI is InChI=1S/C44H45NO5/c1-31-24-32(2)40(33(3)25-31)42-41(37-22-14-7-15-23-37)44(50-45-42)26-38(47-28-35-18-10-5-11-19-35)43(48-29-36-20-12-6-13-21-36)39(49-44)30-46-27-34-16-8-4-9-17-34/h4-25,38-39,41,43H,26-30H2,1-3H3/t38-,39-,41-,43-,44+/m1/s1. The first-order chi connectivity index (χ1) is 24.5.